The molecule has 0 saturated carbocycles. The molecule has 0 atom stereocenters. The average molecular weight is 286 g/mol. The molecule has 0 radical (unpaired) electrons. The number of anilines is 1. The molecule has 4 heteroatoms. The molecule has 0 aromatic heterocycles. The molecular weight excluding hydrogens is 267 g/mol. The van der Waals surface area contributed by atoms with Gasteiger partial charge in [-0.05, 0) is 37.2 Å². The van der Waals surface area contributed by atoms with Crippen molar-refractivity contribution in [1.82, 2.24) is 5.32 Å². The van der Waals surface area contributed by atoms with Gasteiger partial charge in [0.15, 0.2) is 0 Å². The molecule has 0 saturated heterocycles. The van der Waals surface area contributed by atoms with E-state index in [0.29, 0.717) is 12.2 Å². The maximum atomic E-state index is 13.8. The molecule has 110 valence electrons. The fourth-order valence-electron chi connectivity index (χ4n) is 2.06. The molecule has 3 nitrogen and oxygen atoms in total. The summed E-state index contributed by atoms with van der Waals surface area (Å²) in [6.45, 7) is 5.34. The van der Waals surface area contributed by atoms with Gasteiger partial charge in [-0.3, -0.25) is 4.79 Å². The lowest BCUT2D eigenvalue weighted by atomic mass is 10.1. The number of carbonyl (C=O) groups excluding carboxylic acids is 1. The molecule has 0 aliphatic heterocycles. The Balaban J connectivity index is 2.21. The van der Waals surface area contributed by atoms with Gasteiger partial charge in [0.05, 0.1) is 5.56 Å². The Bertz CT molecular complexity index is 640. The van der Waals surface area contributed by atoms with E-state index in [4.69, 9.17) is 0 Å². The Morgan fingerprint density at radius 3 is 2.71 bits per heavy atom. The zero-order valence-electron chi connectivity index (χ0n) is 12.2. The number of aryl methyl sites for hydroxylation is 1. The van der Waals surface area contributed by atoms with Crippen molar-refractivity contribution >= 4 is 11.6 Å². The number of para-hydroxylation sites is 1. The van der Waals surface area contributed by atoms with Crippen LogP contribution in [0, 0.1) is 12.7 Å². The van der Waals surface area contributed by atoms with Crippen LogP contribution >= 0.6 is 0 Å². The summed E-state index contributed by atoms with van der Waals surface area (Å²) in [7, 11) is 0. The van der Waals surface area contributed by atoms with E-state index < -0.39 is 11.7 Å². The van der Waals surface area contributed by atoms with E-state index in [1.165, 1.54) is 6.07 Å². The summed E-state index contributed by atoms with van der Waals surface area (Å²) in [4.78, 5) is 12.2. The third-order valence-corrected chi connectivity index (χ3v) is 3.20. The van der Waals surface area contributed by atoms with Crippen LogP contribution in [0.5, 0.6) is 0 Å². The van der Waals surface area contributed by atoms with Gasteiger partial charge in [-0.15, -0.1) is 0 Å². The van der Waals surface area contributed by atoms with Gasteiger partial charge in [0, 0.05) is 12.2 Å². The van der Waals surface area contributed by atoms with Crippen LogP contribution in [0.3, 0.4) is 0 Å². The molecule has 1 amide bonds. The minimum Gasteiger partial charge on any atom is -0.322 e. The lowest BCUT2D eigenvalue weighted by Gasteiger charge is -2.12. The van der Waals surface area contributed by atoms with Crippen LogP contribution in [0.25, 0.3) is 0 Å². The summed E-state index contributed by atoms with van der Waals surface area (Å²) in [5.74, 6) is -0.942. The van der Waals surface area contributed by atoms with E-state index in [-0.39, 0.29) is 5.56 Å². The molecule has 2 aromatic carbocycles. The van der Waals surface area contributed by atoms with Crippen molar-refractivity contribution in [2.24, 2.45) is 0 Å². The number of benzene rings is 2. The molecular formula is C17H19FN2O. The van der Waals surface area contributed by atoms with Crippen molar-refractivity contribution in [2.45, 2.75) is 20.4 Å². The van der Waals surface area contributed by atoms with Crippen molar-refractivity contribution < 1.29 is 9.18 Å². The maximum absolute atomic E-state index is 13.8. The molecule has 0 bridgehead atoms. The van der Waals surface area contributed by atoms with Gasteiger partial charge in [0.25, 0.3) is 5.91 Å². The fourth-order valence-corrected chi connectivity index (χ4v) is 2.06. The quantitative estimate of drug-likeness (QED) is 0.883. The zero-order chi connectivity index (χ0) is 15.2. The average Bonchev–Trinajstić information content (AvgIpc) is 2.48. The highest BCUT2D eigenvalue weighted by molar-refractivity contribution is 6.04. The van der Waals surface area contributed by atoms with Gasteiger partial charge in [-0.25, -0.2) is 4.39 Å². The van der Waals surface area contributed by atoms with Crippen molar-refractivity contribution in [3.63, 3.8) is 0 Å². The number of hydrogen-bond donors (Lipinski definition) is 2. The predicted octanol–water partition coefficient (Wildman–Crippen LogP) is 3.50. The van der Waals surface area contributed by atoms with E-state index >= 15 is 0 Å². The zero-order valence-corrected chi connectivity index (χ0v) is 12.2. The predicted molar refractivity (Wildman–Crippen MR) is 82.9 cm³/mol. The van der Waals surface area contributed by atoms with E-state index in [0.717, 1.165) is 17.7 Å². The van der Waals surface area contributed by atoms with E-state index in [1.54, 1.807) is 12.1 Å². The van der Waals surface area contributed by atoms with Crippen molar-refractivity contribution in [3.05, 3.63) is 65.0 Å². The molecule has 0 spiro atoms. The number of carbonyl (C=O) groups is 1. The second-order valence-electron chi connectivity index (χ2n) is 4.87. The first kappa shape index (κ1) is 15.2. The summed E-state index contributed by atoms with van der Waals surface area (Å²) < 4.78 is 13.8. The number of amides is 1. The lowest BCUT2D eigenvalue weighted by molar-refractivity contribution is 0.102. The topological polar surface area (TPSA) is 41.1 Å². The van der Waals surface area contributed by atoms with Crippen molar-refractivity contribution in [1.29, 1.82) is 0 Å². The Morgan fingerprint density at radius 2 is 1.95 bits per heavy atom. The van der Waals surface area contributed by atoms with Gasteiger partial charge in [0.1, 0.15) is 5.82 Å². The Hall–Kier alpha value is -2.20. The smallest absolute Gasteiger partial charge is 0.258 e. The molecule has 21 heavy (non-hydrogen) atoms. The van der Waals surface area contributed by atoms with E-state index in [2.05, 4.69) is 10.6 Å². The summed E-state index contributed by atoms with van der Waals surface area (Å²) >= 11 is 0. The van der Waals surface area contributed by atoms with Crippen LogP contribution in [0.15, 0.2) is 42.5 Å². The van der Waals surface area contributed by atoms with Crippen LogP contribution in [-0.4, -0.2) is 12.5 Å². The Kier molecular flexibility index (Phi) is 5.06. The molecule has 0 heterocycles. The standard InChI is InChI=1S/C17H19FN2O/c1-3-19-11-13-6-4-5-7-16(13)20-17(21)14-10-12(2)8-9-15(14)18/h4-10,19H,3,11H2,1-2H3,(H,20,21). The molecule has 0 unspecified atom stereocenters. The van der Waals surface area contributed by atoms with Gasteiger partial charge in [-0.1, -0.05) is 36.8 Å². The van der Waals surface area contributed by atoms with Gasteiger partial charge < -0.3 is 10.6 Å². The SMILES string of the molecule is CCNCc1ccccc1NC(=O)c1cc(C)ccc1F. The monoisotopic (exact) mass is 286 g/mol. The second-order valence-corrected chi connectivity index (χ2v) is 4.87. The van der Waals surface area contributed by atoms with E-state index in [1.807, 2.05) is 38.1 Å². The highest BCUT2D eigenvalue weighted by atomic mass is 19.1. The van der Waals surface area contributed by atoms with Crippen molar-refractivity contribution in [2.75, 3.05) is 11.9 Å². The molecule has 0 fully saturated rings. The number of halogens is 1. The van der Waals surface area contributed by atoms with Gasteiger partial charge >= 0.3 is 0 Å². The molecule has 2 N–H and O–H groups in total. The molecule has 2 aromatic rings. The summed E-state index contributed by atoms with van der Waals surface area (Å²) in [6, 6.07) is 12.0. The van der Waals surface area contributed by atoms with E-state index in [9.17, 15) is 9.18 Å². The lowest BCUT2D eigenvalue weighted by Crippen LogP contribution is -2.18. The van der Waals surface area contributed by atoms with Crippen molar-refractivity contribution in [3.8, 4) is 0 Å². The fraction of sp³-hybridized carbons (Fsp3) is 0.235. The maximum Gasteiger partial charge on any atom is 0.258 e. The second kappa shape index (κ2) is 6.99. The molecule has 0 aliphatic carbocycles. The third-order valence-electron chi connectivity index (χ3n) is 3.20. The van der Waals surface area contributed by atoms with Crippen LogP contribution < -0.4 is 10.6 Å². The van der Waals surface area contributed by atoms with Crippen LogP contribution in [0.2, 0.25) is 0 Å². The highest BCUT2D eigenvalue weighted by Crippen LogP contribution is 2.17. The summed E-state index contributed by atoms with van der Waals surface area (Å²) in [6.07, 6.45) is 0. The van der Waals surface area contributed by atoms with Crippen LogP contribution in [-0.2, 0) is 6.54 Å². The largest absolute Gasteiger partial charge is 0.322 e. The normalized spacial score (nSPS) is 10.4. The first-order valence-corrected chi connectivity index (χ1v) is 6.98. The Labute approximate surface area is 124 Å². The number of nitrogens with one attached hydrogen (secondary N) is 2. The third kappa shape index (κ3) is 3.89. The Morgan fingerprint density at radius 1 is 1.19 bits per heavy atom. The van der Waals surface area contributed by atoms with Gasteiger partial charge in [0.2, 0.25) is 0 Å². The molecule has 0 aliphatic rings. The minimum atomic E-state index is -0.512. The van der Waals surface area contributed by atoms with Crippen LogP contribution in [0.1, 0.15) is 28.4 Å². The summed E-state index contributed by atoms with van der Waals surface area (Å²) in [5, 5.41) is 6.00. The summed E-state index contributed by atoms with van der Waals surface area (Å²) in [5.41, 5.74) is 2.58. The number of hydrogen-bond acceptors (Lipinski definition) is 2. The number of rotatable bonds is 5. The first-order valence-electron chi connectivity index (χ1n) is 6.98. The van der Waals surface area contributed by atoms with Gasteiger partial charge in [-0.2, -0.15) is 0 Å². The minimum absolute atomic E-state index is 0.0632. The van der Waals surface area contributed by atoms with Crippen LogP contribution in [0.4, 0.5) is 10.1 Å². The first-order chi connectivity index (χ1) is 10.1. The molecule has 2 rings (SSSR count). The highest BCUT2D eigenvalue weighted by Gasteiger charge is 2.13.